The third-order valence-corrected chi connectivity index (χ3v) is 3.69. The number of carbonyl (C=O) groups excluding carboxylic acids is 1. The molecular formula is C12H11N3O4S. The van der Waals surface area contributed by atoms with E-state index in [-0.39, 0.29) is 17.6 Å². The number of aryl methyl sites for hydroxylation is 1. The normalized spacial score (nSPS) is 10.9. The van der Waals surface area contributed by atoms with Gasteiger partial charge in [-0.25, -0.2) is 5.43 Å². The molecule has 0 radical (unpaired) electrons. The van der Waals surface area contributed by atoms with Crippen LogP contribution in [0.3, 0.4) is 0 Å². The van der Waals surface area contributed by atoms with E-state index >= 15 is 0 Å². The second-order valence-electron chi connectivity index (χ2n) is 3.96. The Morgan fingerprint density at radius 3 is 2.80 bits per heavy atom. The SMILES string of the molecule is Cc1scc(C(=O)N/N=C\c2ccc([N+](=O)[O-])o2)c1C. The first-order valence-electron chi connectivity index (χ1n) is 5.61. The molecule has 0 spiro atoms. The standard InChI is InChI=1S/C12H11N3O4S/c1-7-8(2)20-6-10(7)12(16)14-13-5-9-3-4-11(19-9)15(17)18/h3-6H,1-2H3,(H,14,16)/b13-5-. The summed E-state index contributed by atoms with van der Waals surface area (Å²) in [6.07, 6.45) is 1.21. The lowest BCUT2D eigenvalue weighted by Gasteiger charge is -1.98. The van der Waals surface area contributed by atoms with Crippen molar-refractivity contribution in [2.24, 2.45) is 5.10 Å². The predicted molar refractivity (Wildman–Crippen MR) is 74.2 cm³/mol. The number of rotatable bonds is 4. The third kappa shape index (κ3) is 2.91. The van der Waals surface area contributed by atoms with Gasteiger partial charge in [0.05, 0.1) is 17.8 Å². The molecule has 0 bridgehead atoms. The summed E-state index contributed by atoms with van der Waals surface area (Å²) in [6.45, 7) is 3.79. The van der Waals surface area contributed by atoms with Crippen LogP contribution in [-0.2, 0) is 0 Å². The van der Waals surface area contributed by atoms with Crippen LogP contribution in [0.25, 0.3) is 0 Å². The van der Waals surface area contributed by atoms with Gasteiger partial charge in [-0.05, 0) is 25.5 Å². The van der Waals surface area contributed by atoms with E-state index < -0.39 is 4.92 Å². The average Bonchev–Trinajstić information content (AvgIpc) is 2.98. The van der Waals surface area contributed by atoms with E-state index in [9.17, 15) is 14.9 Å². The van der Waals surface area contributed by atoms with E-state index in [1.54, 1.807) is 5.38 Å². The van der Waals surface area contributed by atoms with Gasteiger partial charge < -0.3 is 4.42 Å². The Hall–Kier alpha value is -2.48. The Morgan fingerprint density at radius 2 is 2.25 bits per heavy atom. The van der Waals surface area contributed by atoms with Crippen molar-refractivity contribution in [3.05, 3.63) is 49.4 Å². The maximum absolute atomic E-state index is 11.8. The molecule has 0 saturated heterocycles. The van der Waals surface area contributed by atoms with E-state index in [0.29, 0.717) is 5.56 Å². The van der Waals surface area contributed by atoms with Gasteiger partial charge in [-0.1, -0.05) is 0 Å². The van der Waals surface area contributed by atoms with Crippen LogP contribution in [0.1, 0.15) is 26.6 Å². The maximum atomic E-state index is 11.8. The molecule has 0 aliphatic rings. The topological polar surface area (TPSA) is 97.7 Å². The number of furan rings is 1. The molecule has 1 N–H and O–H groups in total. The summed E-state index contributed by atoms with van der Waals surface area (Å²) < 4.78 is 4.86. The Labute approximate surface area is 118 Å². The Kier molecular flexibility index (Phi) is 3.94. The van der Waals surface area contributed by atoms with Crippen molar-refractivity contribution in [3.63, 3.8) is 0 Å². The first-order valence-corrected chi connectivity index (χ1v) is 6.49. The molecule has 0 saturated carbocycles. The third-order valence-electron chi connectivity index (χ3n) is 2.68. The van der Waals surface area contributed by atoms with Gasteiger partial charge in [-0.15, -0.1) is 11.3 Å². The van der Waals surface area contributed by atoms with Crippen molar-refractivity contribution >= 4 is 29.3 Å². The largest absolute Gasteiger partial charge is 0.433 e. The summed E-state index contributed by atoms with van der Waals surface area (Å²) in [5.41, 5.74) is 3.83. The molecule has 0 atom stereocenters. The number of thiophene rings is 1. The van der Waals surface area contributed by atoms with Gasteiger partial charge in [-0.2, -0.15) is 5.10 Å². The molecule has 20 heavy (non-hydrogen) atoms. The highest BCUT2D eigenvalue weighted by Crippen LogP contribution is 2.20. The van der Waals surface area contributed by atoms with Gasteiger partial charge in [0.15, 0.2) is 5.76 Å². The summed E-state index contributed by atoms with van der Waals surface area (Å²) >= 11 is 1.49. The maximum Gasteiger partial charge on any atom is 0.433 e. The van der Waals surface area contributed by atoms with Gasteiger partial charge in [0.25, 0.3) is 5.91 Å². The molecule has 0 unspecified atom stereocenters. The van der Waals surface area contributed by atoms with Crippen LogP contribution in [-0.4, -0.2) is 17.0 Å². The van der Waals surface area contributed by atoms with Gasteiger partial charge >= 0.3 is 5.88 Å². The minimum atomic E-state index is -0.645. The van der Waals surface area contributed by atoms with Crippen molar-refractivity contribution in [2.75, 3.05) is 0 Å². The van der Waals surface area contributed by atoms with Gasteiger partial charge in [0.1, 0.15) is 4.92 Å². The number of nitrogens with one attached hydrogen (secondary N) is 1. The minimum absolute atomic E-state index is 0.190. The number of hydrazone groups is 1. The molecule has 2 rings (SSSR count). The number of carbonyl (C=O) groups is 1. The molecule has 8 heteroatoms. The van der Waals surface area contributed by atoms with Crippen molar-refractivity contribution in [2.45, 2.75) is 13.8 Å². The van der Waals surface area contributed by atoms with E-state index in [2.05, 4.69) is 10.5 Å². The fourth-order valence-corrected chi connectivity index (χ4v) is 2.33. The van der Waals surface area contributed by atoms with Crippen LogP contribution in [0.2, 0.25) is 0 Å². The predicted octanol–water partition coefficient (Wildman–Crippen LogP) is 2.63. The van der Waals surface area contributed by atoms with E-state index in [1.807, 2.05) is 13.8 Å². The van der Waals surface area contributed by atoms with Crippen LogP contribution < -0.4 is 5.43 Å². The van der Waals surface area contributed by atoms with Gasteiger partial charge in [0, 0.05) is 10.3 Å². The minimum Gasteiger partial charge on any atom is -0.400 e. The molecule has 0 fully saturated rings. The molecule has 0 aliphatic heterocycles. The number of amides is 1. The van der Waals surface area contributed by atoms with Crippen LogP contribution in [0.4, 0.5) is 5.88 Å². The van der Waals surface area contributed by atoms with Crippen molar-refractivity contribution in [1.29, 1.82) is 0 Å². The lowest BCUT2D eigenvalue weighted by Crippen LogP contribution is -2.17. The van der Waals surface area contributed by atoms with Crippen LogP contribution >= 0.6 is 11.3 Å². The number of hydrogen-bond donors (Lipinski definition) is 1. The average molecular weight is 293 g/mol. The Bertz CT molecular complexity index is 687. The second kappa shape index (κ2) is 5.66. The van der Waals surface area contributed by atoms with E-state index in [1.165, 1.54) is 29.7 Å². The molecular weight excluding hydrogens is 282 g/mol. The smallest absolute Gasteiger partial charge is 0.400 e. The zero-order valence-electron chi connectivity index (χ0n) is 10.7. The lowest BCUT2D eigenvalue weighted by molar-refractivity contribution is -0.402. The van der Waals surface area contributed by atoms with Crippen molar-refractivity contribution < 1.29 is 14.1 Å². The van der Waals surface area contributed by atoms with Crippen LogP contribution in [0.15, 0.2) is 27.0 Å². The van der Waals surface area contributed by atoms with E-state index in [4.69, 9.17) is 4.42 Å². The lowest BCUT2D eigenvalue weighted by atomic mass is 10.2. The highest BCUT2D eigenvalue weighted by molar-refractivity contribution is 7.10. The molecule has 2 heterocycles. The monoisotopic (exact) mass is 293 g/mol. The number of nitro groups is 1. The molecule has 2 aromatic rings. The van der Waals surface area contributed by atoms with Crippen molar-refractivity contribution in [1.82, 2.24) is 5.43 Å². The van der Waals surface area contributed by atoms with Crippen LogP contribution in [0.5, 0.6) is 0 Å². The summed E-state index contributed by atoms with van der Waals surface area (Å²) in [7, 11) is 0. The molecule has 0 aliphatic carbocycles. The van der Waals surface area contributed by atoms with Gasteiger partial charge in [-0.3, -0.25) is 14.9 Å². The Balaban J connectivity index is 2.00. The number of nitrogens with zero attached hydrogens (tertiary/aromatic N) is 2. The van der Waals surface area contributed by atoms with Gasteiger partial charge in [0.2, 0.25) is 0 Å². The van der Waals surface area contributed by atoms with Crippen LogP contribution in [0, 0.1) is 24.0 Å². The second-order valence-corrected chi connectivity index (χ2v) is 5.05. The molecule has 0 aromatic carbocycles. The number of hydrogen-bond acceptors (Lipinski definition) is 6. The first kappa shape index (κ1) is 13.9. The molecule has 104 valence electrons. The highest BCUT2D eigenvalue weighted by atomic mass is 32.1. The molecule has 1 amide bonds. The summed E-state index contributed by atoms with van der Waals surface area (Å²) in [6, 6.07) is 2.61. The first-order chi connectivity index (χ1) is 9.49. The van der Waals surface area contributed by atoms with E-state index in [0.717, 1.165) is 10.4 Å². The zero-order valence-corrected chi connectivity index (χ0v) is 11.6. The summed E-state index contributed by atoms with van der Waals surface area (Å²) in [5, 5.41) is 15.9. The quantitative estimate of drug-likeness (QED) is 0.532. The summed E-state index contributed by atoms with van der Waals surface area (Å²) in [5.74, 6) is -0.513. The molecule has 2 aromatic heterocycles. The summed E-state index contributed by atoms with van der Waals surface area (Å²) in [4.78, 5) is 22.7. The zero-order chi connectivity index (χ0) is 14.7. The Morgan fingerprint density at radius 1 is 1.50 bits per heavy atom. The molecule has 7 nitrogen and oxygen atoms in total. The fraction of sp³-hybridized carbons (Fsp3) is 0.167. The van der Waals surface area contributed by atoms with Crippen molar-refractivity contribution in [3.8, 4) is 0 Å². The highest BCUT2D eigenvalue weighted by Gasteiger charge is 2.12. The fourth-order valence-electron chi connectivity index (χ4n) is 1.46.